The molecule has 0 bridgehead atoms. The molecule has 2 nitrogen and oxygen atoms in total. The largest absolute Gasteiger partial charge is 0.465 e. The number of hydrogen-bond acceptors (Lipinski definition) is 2. The number of benzene rings is 1. The number of carbonyl (C=O) groups is 1. The Kier molecular flexibility index (Phi) is 8.85. The Bertz CT molecular complexity index is 612. The average Bonchev–Trinajstić information content (AvgIpc) is 2.54. The van der Waals surface area contributed by atoms with Gasteiger partial charge in [-0.05, 0) is 71.1 Å². The van der Waals surface area contributed by atoms with Crippen molar-refractivity contribution in [1.29, 1.82) is 0 Å². The van der Waals surface area contributed by atoms with E-state index < -0.39 is 0 Å². The van der Waals surface area contributed by atoms with Gasteiger partial charge < -0.3 is 4.74 Å². The van der Waals surface area contributed by atoms with Crippen LogP contribution in [0.2, 0.25) is 0 Å². The van der Waals surface area contributed by atoms with E-state index in [-0.39, 0.29) is 5.97 Å². The van der Waals surface area contributed by atoms with Gasteiger partial charge in [-0.1, -0.05) is 47.1 Å². The minimum absolute atomic E-state index is 0.295. The van der Waals surface area contributed by atoms with Gasteiger partial charge in [0.25, 0.3) is 0 Å². The fourth-order valence-electron chi connectivity index (χ4n) is 2.43. The summed E-state index contributed by atoms with van der Waals surface area (Å²) in [6, 6.07) is 7.52. The molecule has 0 aliphatic rings. The maximum absolute atomic E-state index is 11.4. The van der Waals surface area contributed by atoms with E-state index in [4.69, 9.17) is 4.74 Å². The van der Waals surface area contributed by atoms with Gasteiger partial charge in [-0.2, -0.15) is 0 Å². The predicted octanol–water partition coefficient (Wildman–Crippen LogP) is 6.35. The number of rotatable bonds is 8. The van der Waals surface area contributed by atoms with E-state index in [0.29, 0.717) is 5.56 Å². The van der Waals surface area contributed by atoms with Gasteiger partial charge in [0.2, 0.25) is 0 Å². The Labute approximate surface area is 146 Å². The van der Waals surface area contributed by atoms with Crippen LogP contribution in [0.1, 0.15) is 69.3 Å². The van der Waals surface area contributed by atoms with Crippen LogP contribution in [-0.4, -0.2) is 13.1 Å². The highest BCUT2D eigenvalue weighted by Gasteiger charge is 2.03. The molecule has 1 aromatic rings. The van der Waals surface area contributed by atoms with Crippen LogP contribution < -0.4 is 0 Å². The van der Waals surface area contributed by atoms with Gasteiger partial charge in [0.05, 0.1) is 12.7 Å². The molecule has 0 saturated heterocycles. The molecule has 0 unspecified atom stereocenters. The molecular weight excluding hydrogens is 296 g/mol. The zero-order chi connectivity index (χ0) is 17.9. The lowest BCUT2D eigenvalue weighted by atomic mass is 10.0. The van der Waals surface area contributed by atoms with Crippen LogP contribution in [0, 0.1) is 0 Å². The van der Waals surface area contributed by atoms with E-state index in [9.17, 15) is 4.79 Å². The smallest absolute Gasteiger partial charge is 0.337 e. The van der Waals surface area contributed by atoms with Gasteiger partial charge in [-0.15, -0.1) is 0 Å². The van der Waals surface area contributed by atoms with E-state index in [2.05, 4.69) is 45.9 Å². The average molecular weight is 326 g/mol. The van der Waals surface area contributed by atoms with Crippen LogP contribution in [-0.2, 0) is 4.74 Å². The van der Waals surface area contributed by atoms with Crippen LogP contribution in [0.15, 0.2) is 53.1 Å². The summed E-state index contributed by atoms with van der Waals surface area (Å²) in [5.74, 6) is -0.295. The molecule has 0 saturated carbocycles. The van der Waals surface area contributed by atoms with Crippen molar-refractivity contribution in [2.75, 3.05) is 7.11 Å². The lowest BCUT2D eigenvalue weighted by molar-refractivity contribution is 0.0600. The third-order valence-corrected chi connectivity index (χ3v) is 3.87. The molecule has 130 valence electrons. The zero-order valence-corrected chi connectivity index (χ0v) is 15.7. The molecular formula is C22H30O2. The van der Waals surface area contributed by atoms with Crippen LogP contribution in [0.3, 0.4) is 0 Å². The fraction of sp³-hybridized carbons (Fsp3) is 0.409. The van der Waals surface area contributed by atoms with Crippen molar-refractivity contribution in [3.05, 3.63) is 64.3 Å². The van der Waals surface area contributed by atoms with Gasteiger partial charge in [0.15, 0.2) is 0 Å². The molecule has 0 aliphatic heterocycles. The number of carbonyl (C=O) groups excluding carboxylic acids is 1. The Morgan fingerprint density at radius 2 is 1.50 bits per heavy atom. The summed E-state index contributed by atoms with van der Waals surface area (Å²) in [6.45, 7) is 8.65. The molecule has 0 heterocycles. The molecule has 0 radical (unpaired) electrons. The maximum Gasteiger partial charge on any atom is 0.337 e. The van der Waals surface area contributed by atoms with Crippen molar-refractivity contribution >= 4 is 12.0 Å². The van der Waals surface area contributed by atoms with Gasteiger partial charge in [-0.3, -0.25) is 0 Å². The molecule has 0 aromatic heterocycles. The third-order valence-electron chi connectivity index (χ3n) is 3.87. The highest BCUT2D eigenvalue weighted by molar-refractivity contribution is 5.89. The van der Waals surface area contributed by atoms with Crippen LogP contribution in [0.5, 0.6) is 0 Å². The normalized spacial score (nSPS) is 12.0. The molecule has 0 amide bonds. The first kappa shape index (κ1) is 20.0. The number of allylic oxidation sites excluding steroid dienone is 5. The Morgan fingerprint density at radius 1 is 0.917 bits per heavy atom. The lowest BCUT2D eigenvalue weighted by Crippen LogP contribution is -2.00. The van der Waals surface area contributed by atoms with Crippen molar-refractivity contribution in [1.82, 2.24) is 0 Å². The lowest BCUT2D eigenvalue weighted by Gasteiger charge is -2.03. The quantitative estimate of drug-likeness (QED) is 0.411. The van der Waals surface area contributed by atoms with Crippen molar-refractivity contribution < 1.29 is 9.53 Å². The highest BCUT2D eigenvalue weighted by Crippen LogP contribution is 2.15. The maximum atomic E-state index is 11.4. The standard InChI is InChI=1S/C22H30O2/c1-17(2)8-6-9-18(3)10-7-11-19(4)16-20-12-14-21(15-13-20)22(23)24-5/h8,10,12-16H,6-7,9,11H2,1-5H3. The van der Waals surface area contributed by atoms with Crippen molar-refractivity contribution in [2.45, 2.75) is 53.4 Å². The Hall–Kier alpha value is -2.09. The monoisotopic (exact) mass is 326 g/mol. The predicted molar refractivity (Wildman–Crippen MR) is 103 cm³/mol. The van der Waals surface area contributed by atoms with Gasteiger partial charge >= 0.3 is 5.97 Å². The van der Waals surface area contributed by atoms with E-state index in [0.717, 1.165) is 31.2 Å². The summed E-state index contributed by atoms with van der Waals surface area (Å²) in [7, 11) is 1.40. The highest BCUT2D eigenvalue weighted by atomic mass is 16.5. The zero-order valence-electron chi connectivity index (χ0n) is 15.7. The third kappa shape index (κ3) is 7.96. The van der Waals surface area contributed by atoms with E-state index in [1.54, 1.807) is 12.1 Å². The fourth-order valence-corrected chi connectivity index (χ4v) is 2.43. The first-order valence-corrected chi connectivity index (χ1v) is 8.57. The van der Waals surface area contributed by atoms with Gasteiger partial charge in [0.1, 0.15) is 0 Å². The second kappa shape index (κ2) is 10.6. The summed E-state index contributed by atoms with van der Waals surface area (Å²) >= 11 is 0. The summed E-state index contributed by atoms with van der Waals surface area (Å²) in [4.78, 5) is 11.4. The van der Waals surface area contributed by atoms with Crippen molar-refractivity contribution in [3.8, 4) is 0 Å². The Morgan fingerprint density at radius 3 is 2.08 bits per heavy atom. The van der Waals surface area contributed by atoms with Crippen molar-refractivity contribution in [2.24, 2.45) is 0 Å². The molecule has 0 atom stereocenters. The first-order chi connectivity index (χ1) is 11.4. The second-order valence-electron chi connectivity index (χ2n) is 6.51. The van der Waals surface area contributed by atoms with Gasteiger partial charge in [-0.25, -0.2) is 4.79 Å². The Balaban J connectivity index is 2.49. The van der Waals surface area contributed by atoms with Crippen LogP contribution in [0.25, 0.3) is 6.08 Å². The summed E-state index contributed by atoms with van der Waals surface area (Å²) in [5, 5.41) is 0. The first-order valence-electron chi connectivity index (χ1n) is 8.57. The molecule has 0 fully saturated rings. The summed E-state index contributed by atoms with van der Waals surface area (Å²) in [6.07, 6.45) is 11.2. The number of ether oxygens (including phenoxy) is 1. The van der Waals surface area contributed by atoms with E-state index >= 15 is 0 Å². The molecule has 1 aromatic carbocycles. The van der Waals surface area contributed by atoms with Gasteiger partial charge in [0, 0.05) is 0 Å². The number of hydrogen-bond donors (Lipinski definition) is 0. The number of esters is 1. The van der Waals surface area contributed by atoms with Crippen LogP contribution in [0.4, 0.5) is 0 Å². The molecule has 24 heavy (non-hydrogen) atoms. The summed E-state index contributed by atoms with van der Waals surface area (Å²) in [5.41, 5.74) is 5.89. The minimum Gasteiger partial charge on any atom is -0.465 e. The van der Waals surface area contributed by atoms with E-state index in [1.807, 2.05) is 12.1 Å². The topological polar surface area (TPSA) is 26.3 Å². The molecule has 0 N–H and O–H groups in total. The SMILES string of the molecule is COC(=O)c1ccc(C=C(C)CCC=C(C)CCC=C(C)C)cc1. The molecule has 0 aliphatic carbocycles. The second-order valence-corrected chi connectivity index (χ2v) is 6.51. The number of methoxy groups -OCH3 is 1. The molecule has 2 heteroatoms. The minimum atomic E-state index is -0.295. The summed E-state index contributed by atoms with van der Waals surface area (Å²) < 4.78 is 4.71. The molecule has 1 rings (SSSR count). The molecule has 0 spiro atoms. The van der Waals surface area contributed by atoms with Crippen molar-refractivity contribution in [3.63, 3.8) is 0 Å². The van der Waals surface area contributed by atoms with Crippen LogP contribution >= 0.6 is 0 Å². The van der Waals surface area contributed by atoms with E-state index in [1.165, 1.54) is 23.8 Å².